The fourth-order valence-electron chi connectivity index (χ4n) is 3.84. The quantitative estimate of drug-likeness (QED) is 0.174. The summed E-state index contributed by atoms with van der Waals surface area (Å²) >= 11 is 0. The van der Waals surface area contributed by atoms with Crippen LogP contribution in [0.1, 0.15) is 0 Å². The molecule has 3 saturated heterocycles. The van der Waals surface area contributed by atoms with E-state index in [1.165, 1.54) is 18.2 Å². The number of aliphatic hydroxyl groups is 3. The third-order valence-corrected chi connectivity index (χ3v) is 6.23. The average molecular weight is 573 g/mol. The number of benzene rings is 3. The summed E-state index contributed by atoms with van der Waals surface area (Å²) in [7, 11) is 0. The lowest BCUT2D eigenvalue weighted by Gasteiger charge is -2.38. The third-order valence-electron chi connectivity index (χ3n) is 6.23. The Hall–Kier alpha value is -4.37. The Morgan fingerprint density at radius 3 is 1.51 bits per heavy atom. The van der Waals surface area contributed by atoms with E-state index in [2.05, 4.69) is 10.2 Å². The summed E-state index contributed by atoms with van der Waals surface area (Å²) in [4.78, 5) is 23.4. The van der Waals surface area contributed by atoms with Crippen LogP contribution in [0, 0.1) is 26.0 Å². The number of nitrogen functional groups attached to an aromatic ring is 1. The van der Waals surface area contributed by atoms with Gasteiger partial charge >= 0.3 is 5.69 Å². The summed E-state index contributed by atoms with van der Waals surface area (Å²) in [5, 5.41) is 50.1. The Bertz CT molecular complexity index is 1300. The number of nitrogens with zero attached hydrogens (tertiary/aromatic N) is 4. The van der Waals surface area contributed by atoms with E-state index in [4.69, 9.17) is 21.1 Å². The van der Waals surface area contributed by atoms with Crippen LogP contribution in [0.3, 0.4) is 0 Å². The fraction of sp³-hybridized carbons (Fsp3) is 0.333. The minimum absolute atomic E-state index is 0.0463. The van der Waals surface area contributed by atoms with E-state index < -0.39 is 21.4 Å². The summed E-state index contributed by atoms with van der Waals surface area (Å²) in [6, 6.07) is 19.3. The molecular weight excluding hydrogens is 539 g/mol. The van der Waals surface area contributed by atoms with E-state index >= 15 is 0 Å². The maximum absolute atomic E-state index is 12.4. The van der Waals surface area contributed by atoms with Gasteiger partial charge in [0.2, 0.25) is 5.82 Å². The van der Waals surface area contributed by atoms with Crippen molar-refractivity contribution < 1.29 is 29.6 Å². The number of nitro benzene ring substituents is 2. The number of β-amino-alcohol motifs (C(OH)–C–C–N with tert-alkyl or cyclic N) is 3. The van der Waals surface area contributed by atoms with Crippen molar-refractivity contribution in [3.05, 3.63) is 98.8 Å². The zero-order chi connectivity index (χ0) is 29.9. The molecule has 13 nitrogen and oxygen atoms in total. The van der Waals surface area contributed by atoms with Crippen LogP contribution in [0.15, 0.2) is 72.8 Å². The van der Waals surface area contributed by atoms with Crippen molar-refractivity contribution in [2.75, 3.05) is 54.8 Å². The topological polar surface area (TPSA) is 192 Å². The number of nitro groups is 2. The van der Waals surface area contributed by atoms with Crippen LogP contribution >= 0.6 is 0 Å². The van der Waals surface area contributed by atoms with Gasteiger partial charge in [0, 0.05) is 51.4 Å². The molecule has 0 aromatic heterocycles. The molecule has 6 rings (SSSR count). The zero-order valence-electron chi connectivity index (χ0n) is 22.1. The normalized spacial score (nSPS) is 16.2. The molecule has 3 aliphatic heterocycles. The van der Waals surface area contributed by atoms with Crippen LogP contribution < -0.4 is 20.9 Å². The molecule has 0 radical (unpaired) electrons. The second-order valence-electron chi connectivity index (χ2n) is 9.44. The van der Waals surface area contributed by atoms with Gasteiger partial charge in [-0.25, -0.2) is 0 Å². The first-order chi connectivity index (χ1) is 19.6. The number of aliphatic hydroxyl groups excluding tert-OH is 3. The number of nitrogens with two attached hydrogens (primary N) is 1. The van der Waals surface area contributed by atoms with Gasteiger partial charge < -0.3 is 36.2 Å². The lowest BCUT2D eigenvalue weighted by atomic mass is 10.1. The first-order valence-corrected chi connectivity index (χ1v) is 12.8. The number of rotatable bonds is 4. The largest absolute Gasteiger partial charge is 0.397 e. The molecular formula is C27H33FN6O7. The highest BCUT2D eigenvalue weighted by atomic mass is 19.1. The minimum atomic E-state index is -0.799. The van der Waals surface area contributed by atoms with Crippen molar-refractivity contribution in [1.29, 1.82) is 0 Å². The van der Waals surface area contributed by atoms with Crippen molar-refractivity contribution in [2.24, 2.45) is 0 Å². The molecule has 3 fully saturated rings. The molecule has 3 aliphatic rings. The van der Waals surface area contributed by atoms with Crippen molar-refractivity contribution >= 4 is 28.4 Å². The molecule has 0 bridgehead atoms. The van der Waals surface area contributed by atoms with Gasteiger partial charge in [-0.1, -0.05) is 36.4 Å². The Kier molecular flexibility index (Phi) is 11.3. The van der Waals surface area contributed by atoms with Crippen LogP contribution in [-0.2, 0) is 0 Å². The SMILES string of the molecule is Nc1ccccc1N1CC(O)C1.O=[N+]([O-])c1ccccc1F.O=[N+]([O-])c1ccccc1N1CC(O)C1.OC1CNC1. The maximum Gasteiger partial charge on any atom is 0.304 e. The molecule has 41 heavy (non-hydrogen) atoms. The highest BCUT2D eigenvalue weighted by Crippen LogP contribution is 2.30. The van der Waals surface area contributed by atoms with Gasteiger partial charge in [0.15, 0.2) is 0 Å². The molecule has 0 amide bonds. The van der Waals surface area contributed by atoms with Crippen molar-refractivity contribution in [3.8, 4) is 0 Å². The summed E-state index contributed by atoms with van der Waals surface area (Å²) in [5.74, 6) is -0.799. The summed E-state index contributed by atoms with van der Waals surface area (Å²) in [5.41, 5.74) is 7.76. The molecule has 0 aliphatic carbocycles. The van der Waals surface area contributed by atoms with Crippen molar-refractivity contribution in [2.45, 2.75) is 18.3 Å². The number of hydrogen-bond acceptors (Lipinski definition) is 11. The van der Waals surface area contributed by atoms with Gasteiger partial charge in [0.1, 0.15) is 5.69 Å². The smallest absolute Gasteiger partial charge is 0.304 e. The van der Waals surface area contributed by atoms with E-state index in [0.29, 0.717) is 31.9 Å². The number of anilines is 3. The Morgan fingerprint density at radius 1 is 0.707 bits per heavy atom. The standard InChI is InChI=1S/C9H10N2O3.C9H12N2O.C6H4FNO2.C3H7NO/c12-7-5-10(6-7)8-3-1-2-4-9(8)11(13)14;10-8-3-1-2-4-9(8)11-5-7(12)6-11;7-5-3-1-2-4-6(5)8(9)10;5-3-1-4-2-3/h1-4,7,12H,5-6H2;1-4,7,12H,5-6,10H2;1-4H;3-5H,1-2H2. The Morgan fingerprint density at radius 2 is 1.12 bits per heavy atom. The second kappa shape index (κ2) is 14.9. The number of para-hydroxylation sites is 5. The van der Waals surface area contributed by atoms with Crippen LogP contribution in [0.25, 0.3) is 0 Å². The van der Waals surface area contributed by atoms with E-state index in [1.807, 2.05) is 24.3 Å². The summed E-state index contributed by atoms with van der Waals surface area (Å²) < 4.78 is 12.4. The van der Waals surface area contributed by atoms with E-state index in [9.17, 15) is 24.6 Å². The Labute approximate surface area is 235 Å². The maximum atomic E-state index is 12.4. The predicted molar refractivity (Wildman–Crippen MR) is 152 cm³/mol. The average Bonchev–Trinajstić information content (AvgIpc) is 2.90. The van der Waals surface area contributed by atoms with E-state index in [-0.39, 0.29) is 24.0 Å². The van der Waals surface area contributed by atoms with Gasteiger partial charge in [-0.2, -0.15) is 4.39 Å². The van der Waals surface area contributed by atoms with Crippen molar-refractivity contribution in [3.63, 3.8) is 0 Å². The minimum Gasteiger partial charge on any atom is -0.397 e. The molecule has 0 spiro atoms. The summed E-state index contributed by atoms with van der Waals surface area (Å²) in [6.45, 7) is 3.94. The monoisotopic (exact) mass is 572 g/mol. The number of nitrogens with one attached hydrogen (secondary N) is 1. The van der Waals surface area contributed by atoms with Gasteiger partial charge in [-0.05, 0) is 24.3 Å². The van der Waals surface area contributed by atoms with Crippen LogP contribution in [0.5, 0.6) is 0 Å². The van der Waals surface area contributed by atoms with Gasteiger partial charge in [-0.3, -0.25) is 20.2 Å². The van der Waals surface area contributed by atoms with Gasteiger partial charge in [0.25, 0.3) is 5.69 Å². The number of hydrogen-bond donors (Lipinski definition) is 5. The summed E-state index contributed by atoms with van der Waals surface area (Å²) in [6.07, 6.45) is -0.575. The van der Waals surface area contributed by atoms with Gasteiger partial charge in [-0.15, -0.1) is 0 Å². The molecule has 0 saturated carbocycles. The van der Waals surface area contributed by atoms with Gasteiger partial charge in [0.05, 0.1) is 39.5 Å². The lowest BCUT2D eigenvalue weighted by Crippen LogP contribution is -2.51. The number of halogens is 1. The van der Waals surface area contributed by atoms with Crippen LogP contribution in [0.2, 0.25) is 0 Å². The predicted octanol–water partition coefficient (Wildman–Crippen LogP) is 1.91. The van der Waals surface area contributed by atoms with Crippen LogP contribution in [0.4, 0.5) is 32.8 Å². The molecule has 0 unspecified atom stereocenters. The second-order valence-corrected chi connectivity index (χ2v) is 9.44. The fourth-order valence-corrected chi connectivity index (χ4v) is 3.84. The molecule has 0 atom stereocenters. The zero-order valence-corrected chi connectivity index (χ0v) is 22.1. The molecule has 3 heterocycles. The van der Waals surface area contributed by atoms with E-state index in [0.717, 1.165) is 36.6 Å². The molecule has 220 valence electrons. The highest BCUT2D eigenvalue weighted by Gasteiger charge is 2.29. The molecule has 3 aromatic rings. The molecule has 3 aromatic carbocycles. The molecule has 14 heteroatoms. The van der Waals surface area contributed by atoms with E-state index in [1.54, 1.807) is 23.1 Å². The van der Waals surface area contributed by atoms with Crippen LogP contribution in [-0.4, -0.2) is 82.7 Å². The Balaban J connectivity index is 0.000000158. The lowest BCUT2D eigenvalue weighted by molar-refractivity contribution is -0.387. The van der Waals surface area contributed by atoms with Crippen molar-refractivity contribution in [1.82, 2.24) is 5.32 Å². The third kappa shape index (κ3) is 9.08. The molecule has 6 N–H and O–H groups in total. The first-order valence-electron chi connectivity index (χ1n) is 12.8. The first kappa shape index (κ1) is 31.2. The highest BCUT2D eigenvalue weighted by molar-refractivity contribution is 5.68.